The molecule has 2 N–H and O–H groups in total. The predicted octanol–water partition coefficient (Wildman–Crippen LogP) is 5.42. The van der Waals surface area contributed by atoms with Gasteiger partial charge >= 0.3 is 0 Å². The van der Waals surface area contributed by atoms with E-state index in [9.17, 15) is 0 Å². The Morgan fingerprint density at radius 1 is 1.06 bits per heavy atom. The summed E-state index contributed by atoms with van der Waals surface area (Å²) in [5, 5.41) is 10.9. The van der Waals surface area contributed by atoms with E-state index in [1.807, 2.05) is 48.1 Å². The van der Waals surface area contributed by atoms with Gasteiger partial charge in [-0.05, 0) is 68.4 Å². The molecule has 3 aromatic heterocycles. The van der Waals surface area contributed by atoms with Crippen LogP contribution in [-0.4, -0.2) is 37.6 Å². The number of thiazole rings is 1. The summed E-state index contributed by atoms with van der Waals surface area (Å²) in [5.41, 5.74) is 5.76. The normalized spacial score (nSPS) is 17.7. The summed E-state index contributed by atoms with van der Waals surface area (Å²) in [4.78, 5) is 11.6. The van der Waals surface area contributed by atoms with E-state index in [1.165, 1.54) is 17.0 Å². The van der Waals surface area contributed by atoms with Gasteiger partial charge in [0.2, 0.25) is 0 Å². The molecule has 1 saturated heterocycles. The van der Waals surface area contributed by atoms with Gasteiger partial charge in [-0.2, -0.15) is 0 Å². The van der Waals surface area contributed by atoms with Gasteiger partial charge in [-0.25, -0.2) is 4.98 Å². The summed E-state index contributed by atoms with van der Waals surface area (Å²) >= 11 is 7.50. The number of anilines is 1. The molecule has 1 aliphatic rings. The van der Waals surface area contributed by atoms with Gasteiger partial charge in [0.15, 0.2) is 10.2 Å². The van der Waals surface area contributed by atoms with Crippen molar-refractivity contribution in [3.63, 3.8) is 0 Å². The molecule has 2 unspecified atom stereocenters. The van der Waals surface area contributed by atoms with Crippen LogP contribution in [0.1, 0.15) is 41.1 Å². The van der Waals surface area contributed by atoms with Crippen LogP contribution in [0.25, 0.3) is 5.13 Å². The molecule has 0 amide bonds. The third-order valence-corrected chi connectivity index (χ3v) is 7.38. The van der Waals surface area contributed by atoms with E-state index >= 15 is 0 Å². The summed E-state index contributed by atoms with van der Waals surface area (Å²) < 4.78 is 2.24. The van der Waals surface area contributed by atoms with Crippen LogP contribution in [0.3, 0.4) is 0 Å². The van der Waals surface area contributed by atoms with Crippen LogP contribution in [0.2, 0.25) is 0 Å². The molecule has 174 valence electrons. The quantitative estimate of drug-likeness (QED) is 0.255. The third kappa shape index (κ3) is 4.43. The first-order valence-corrected chi connectivity index (χ1v) is 12.8. The van der Waals surface area contributed by atoms with Crippen molar-refractivity contribution in [2.45, 2.75) is 32.4 Å². The minimum Gasteiger partial charge on any atom is -0.385 e. The van der Waals surface area contributed by atoms with Crippen molar-refractivity contribution in [2.24, 2.45) is 0 Å². The summed E-state index contributed by atoms with van der Waals surface area (Å²) in [5.74, 6) is 0. The Bertz CT molecular complexity index is 1240. The number of thiocarbonyl (C=S) groups is 1. The lowest BCUT2D eigenvalue weighted by molar-refractivity contribution is 0.315. The van der Waals surface area contributed by atoms with E-state index in [2.05, 4.69) is 68.2 Å². The second kappa shape index (κ2) is 9.95. The summed E-state index contributed by atoms with van der Waals surface area (Å²) in [6.45, 7) is 6.04. The molecule has 0 bridgehead atoms. The molecule has 34 heavy (non-hydrogen) atoms. The van der Waals surface area contributed by atoms with E-state index in [4.69, 9.17) is 12.2 Å². The van der Waals surface area contributed by atoms with Crippen molar-refractivity contribution < 1.29 is 0 Å². The number of nitrogens with one attached hydrogen (secondary N) is 2. The lowest BCUT2D eigenvalue weighted by Crippen LogP contribution is -2.31. The molecule has 1 aliphatic heterocycles. The fourth-order valence-electron chi connectivity index (χ4n) is 4.73. The molecule has 0 saturated carbocycles. The number of benzene rings is 1. The second-order valence-corrected chi connectivity index (χ2v) is 9.70. The molecule has 0 aliphatic carbocycles. The maximum atomic E-state index is 5.85. The molecule has 2 atom stereocenters. The van der Waals surface area contributed by atoms with Gasteiger partial charge < -0.3 is 15.5 Å². The molecule has 1 aromatic carbocycles. The van der Waals surface area contributed by atoms with E-state index in [1.54, 1.807) is 11.3 Å². The lowest BCUT2D eigenvalue weighted by atomic mass is 9.96. The summed E-state index contributed by atoms with van der Waals surface area (Å²) in [7, 11) is 0. The van der Waals surface area contributed by atoms with Crippen molar-refractivity contribution in [2.75, 3.05) is 18.4 Å². The fourth-order valence-corrected chi connectivity index (χ4v) is 5.81. The van der Waals surface area contributed by atoms with Gasteiger partial charge in [0.1, 0.15) is 0 Å². The fraction of sp³-hybridized carbons (Fsp3) is 0.269. The van der Waals surface area contributed by atoms with Gasteiger partial charge in [0.05, 0.1) is 17.8 Å². The molecule has 4 aromatic rings. The van der Waals surface area contributed by atoms with Crippen LogP contribution in [0, 0.1) is 13.8 Å². The van der Waals surface area contributed by atoms with Crippen LogP contribution < -0.4 is 10.6 Å². The van der Waals surface area contributed by atoms with Gasteiger partial charge in [-0.1, -0.05) is 24.3 Å². The number of pyridine rings is 1. The van der Waals surface area contributed by atoms with E-state index in [-0.39, 0.29) is 12.1 Å². The zero-order valence-corrected chi connectivity index (χ0v) is 20.9. The van der Waals surface area contributed by atoms with Crippen LogP contribution in [0.5, 0.6) is 0 Å². The van der Waals surface area contributed by atoms with Crippen LogP contribution in [0.4, 0.5) is 5.69 Å². The zero-order chi connectivity index (χ0) is 23.5. The van der Waals surface area contributed by atoms with Gasteiger partial charge in [-0.3, -0.25) is 9.55 Å². The van der Waals surface area contributed by atoms with E-state index in [0.717, 1.165) is 41.1 Å². The molecule has 5 rings (SSSR count). The first kappa shape index (κ1) is 22.6. The van der Waals surface area contributed by atoms with Crippen molar-refractivity contribution >= 4 is 34.4 Å². The molecule has 8 heteroatoms. The molecular formula is C26H28N6S2. The van der Waals surface area contributed by atoms with Crippen molar-refractivity contribution in [1.82, 2.24) is 24.8 Å². The Labute approximate surface area is 209 Å². The Morgan fingerprint density at radius 2 is 1.88 bits per heavy atom. The van der Waals surface area contributed by atoms with Gasteiger partial charge in [0, 0.05) is 47.9 Å². The third-order valence-electron chi connectivity index (χ3n) is 6.28. The number of aromatic nitrogens is 3. The topological polar surface area (TPSA) is 58.0 Å². The SMILES string of the molecule is Cc1cc(C2C(c3ccccn3)NC(=S)N2CCCNc2ccccc2)c(C)n1-c1nccs1. The number of hydrogen-bond acceptors (Lipinski definition) is 5. The molecular weight excluding hydrogens is 460 g/mol. The molecule has 0 spiro atoms. The van der Waals surface area contributed by atoms with E-state index in [0.29, 0.717) is 0 Å². The Morgan fingerprint density at radius 3 is 2.62 bits per heavy atom. The standard InChI is InChI=1S/C26H28N6S2/c1-18-17-21(19(2)32(18)26-29-14-16-34-26)24-23(22-11-6-7-12-28-22)30-25(33)31(24)15-8-13-27-20-9-4-3-5-10-20/h3-7,9-12,14,16-17,23-24,27H,8,13,15H2,1-2H3,(H,30,33). The molecule has 4 heterocycles. The Balaban J connectivity index is 1.43. The van der Waals surface area contributed by atoms with Gasteiger partial charge in [-0.15, -0.1) is 11.3 Å². The largest absolute Gasteiger partial charge is 0.385 e. The first-order chi connectivity index (χ1) is 16.6. The average Bonchev–Trinajstić information content (AvgIpc) is 3.56. The molecule has 1 fully saturated rings. The van der Waals surface area contributed by atoms with Gasteiger partial charge in [0.25, 0.3) is 0 Å². The Kier molecular flexibility index (Phi) is 6.60. The monoisotopic (exact) mass is 488 g/mol. The van der Waals surface area contributed by atoms with Crippen LogP contribution >= 0.6 is 23.6 Å². The number of para-hydroxylation sites is 1. The molecule has 0 radical (unpaired) electrons. The van der Waals surface area contributed by atoms with Crippen molar-refractivity contribution in [3.8, 4) is 5.13 Å². The minimum atomic E-state index is -0.0129. The highest BCUT2D eigenvalue weighted by atomic mass is 32.1. The van der Waals surface area contributed by atoms with Crippen molar-refractivity contribution in [3.05, 3.63) is 95.0 Å². The lowest BCUT2D eigenvalue weighted by Gasteiger charge is -2.28. The van der Waals surface area contributed by atoms with E-state index < -0.39 is 0 Å². The highest BCUT2D eigenvalue weighted by molar-refractivity contribution is 7.80. The van der Waals surface area contributed by atoms with Crippen LogP contribution in [0.15, 0.2) is 72.4 Å². The number of nitrogens with zero attached hydrogens (tertiary/aromatic N) is 4. The second-order valence-electron chi connectivity index (χ2n) is 8.44. The number of rotatable bonds is 8. The van der Waals surface area contributed by atoms with Crippen LogP contribution in [-0.2, 0) is 0 Å². The predicted molar refractivity (Wildman–Crippen MR) is 143 cm³/mol. The summed E-state index contributed by atoms with van der Waals surface area (Å²) in [6, 6.07) is 18.7. The Hall–Kier alpha value is -3.23. The zero-order valence-electron chi connectivity index (χ0n) is 19.3. The summed E-state index contributed by atoms with van der Waals surface area (Å²) in [6.07, 6.45) is 4.67. The maximum absolute atomic E-state index is 5.85. The van der Waals surface area contributed by atoms with Crippen molar-refractivity contribution in [1.29, 1.82) is 0 Å². The number of aryl methyl sites for hydroxylation is 1. The maximum Gasteiger partial charge on any atom is 0.193 e. The highest BCUT2D eigenvalue weighted by Crippen LogP contribution is 2.41. The molecule has 6 nitrogen and oxygen atoms in total. The first-order valence-electron chi connectivity index (χ1n) is 11.5. The minimum absolute atomic E-state index is 0.0129. The highest BCUT2D eigenvalue weighted by Gasteiger charge is 2.41. The number of hydrogen-bond donors (Lipinski definition) is 2. The average molecular weight is 489 g/mol. The smallest absolute Gasteiger partial charge is 0.193 e.